The predicted molar refractivity (Wildman–Crippen MR) is 58.9 cm³/mol. The third-order valence-corrected chi connectivity index (χ3v) is 2.14. The van der Waals surface area contributed by atoms with Crippen molar-refractivity contribution in [3.63, 3.8) is 0 Å². The zero-order valence-corrected chi connectivity index (χ0v) is 8.43. The van der Waals surface area contributed by atoms with Gasteiger partial charge in [-0.2, -0.15) is 0 Å². The molecule has 0 aliphatic rings. The van der Waals surface area contributed by atoms with Gasteiger partial charge in [0.15, 0.2) is 0 Å². The molecule has 0 atom stereocenters. The van der Waals surface area contributed by atoms with E-state index in [4.69, 9.17) is 0 Å². The molecule has 0 saturated heterocycles. The molecule has 0 unspecified atom stereocenters. The van der Waals surface area contributed by atoms with E-state index in [1.807, 2.05) is 6.07 Å². The van der Waals surface area contributed by atoms with Crippen LogP contribution in [0.5, 0.6) is 0 Å². The first-order valence-corrected chi connectivity index (χ1v) is 4.80. The highest BCUT2D eigenvalue weighted by molar-refractivity contribution is 5.54. The van der Waals surface area contributed by atoms with E-state index in [2.05, 4.69) is 43.9 Å². The van der Waals surface area contributed by atoms with E-state index in [1.54, 1.807) is 0 Å². The maximum absolute atomic E-state index is 3.93. The zero-order chi connectivity index (χ0) is 9.68. The van der Waals surface area contributed by atoms with Crippen LogP contribution in [0.1, 0.15) is 25.8 Å². The van der Waals surface area contributed by atoms with Crippen molar-refractivity contribution in [3.05, 3.63) is 42.1 Å². The molecule has 0 aliphatic heterocycles. The van der Waals surface area contributed by atoms with Crippen LogP contribution < -0.4 is 5.32 Å². The van der Waals surface area contributed by atoms with Gasteiger partial charge in [-0.15, -0.1) is 0 Å². The largest absolute Gasteiger partial charge is 0.359 e. The van der Waals surface area contributed by atoms with Gasteiger partial charge in [0.05, 0.1) is 0 Å². The van der Waals surface area contributed by atoms with Crippen molar-refractivity contribution in [2.45, 2.75) is 26.7 Å². The third-order valence-electron chi connectivity index (χ3n) is 2.14. The molecule has 1 aromatic rings. The fraction of sp³-hybridized carbons (Fsp3) is 0.333. The zero-order valence-electron chi connectivity index (χ0n) is 8.43. The summed E-state index contributed by atoms with van der Waals surface area (Å²) in [6.07, 6.45) is 2.03. The summed E-state index contributed by atoms with van der Waals surface area (Å²) in [5.74, 6) is 0. The molecule has 0 aliphatic carbocycles. The number of hydrogen-bond donors (Lipinski definition) is 1. The maximum Gasteiger partial charge on any atom is 0.0414 e. The van der Waals surface area contributed by atoms with E-state index >= 15 is 0 Å². The van der Waals surface area contributed by atoms with Gasteiger partial charge >= 0.3 is 0 Å². The number of benzene rings is 1. The Morgan fingerprint density at radius 3 is 2.62 bits per heavy atom. The molecule has 13 heavy (non-hydrogen) atoms. The van der Waals surface area contributed by atoms with Crippen LogP contribution in [0.15, 0.2) is 36.5 Å². The molecule has 0 radical (unpaired) electrons. The van der Waals surface area contributed by atoms with Crippen molar-refractivity contribution in [1.82, 2.24) is 0 Å². The standard InChI is InChI=1S/C12H17N/c1-4-10(3)13-12-9-7-6-8-11(12)5-2/h6-9,13H,3-5H2,1-2H3. The van der Waals surface area contributed by atoms with E-state index in [0.717, 1.165) is 18.5 Å². The maximum atomic E-state index is 3.93. The van der Waals surface area contributed by atoms with Gasteiger partial charge in [-0.1, -0.05) is 38.6 Å². The number of para-hydroxylation sites is 1. The topological polar surface area (TPSA) is 12.0 Å². The summed E-state index contributed by atoms with van der Waals surface area (Å²) in [5.41, 5.74) is 3.61. The molecule has 1 N–H and O–H groups in total. The van der Waals surface area contributed by atoms with E-state index < -0.39 is 0 Å². The van der Waals surface area contributed by atoms with Crippen LogP contribution in [-0.4, -0.2) is 0 Å². The fourth-order valence-corrected chi connectivity index (χ4v) is 1.23. The van der Waals surface area contributed by atoms with E-state index in [0.29, 0.717) is 0 Å². The minimum atomic E-state index is 0.970. The molecule has 0 fully saturated rings. The minimum Gasteiger partial charge on any atom is -0.359 e. The third kappa shape index (κ3) is 2.62. The van der Waals surface area contributed by atoms with Crippen molar-refractivity contribution < 1.29 is 0 Å². The Hall–Kier alpha value is -1.24. The molecule has 0 heterocycles. The van der Waals surface area contributed by atoms with E-state index in [-0.39, 0.29) is 0 Å². The minimum absolute atomic E-state index is 0.970. The summed E-state index contributed by atoms with van der Waals surface area (Å²) in [7, 11) is 0. The van der Waals surface area contributed by atoms with Gasteiger partial charge in [0.2, 0.25) is 0 Å². The SMILES string of the molecule is C=C(CC)Nc1ccccc1CC. The number of anilines is 1. The number of nitrogens with one attached hydrogen (secondary N) is 1. The smallest absolute Gasteiger partial charge is 0.0414 e. The monoisotopic (exact) mass is 175 g/mol. The first-order valence-electron chi connectivity index (χ1n) is 4.80. The number of aryl methyl sites for hydroxylation is 1. The Morgan fingerprint density at radius 2 is 2.00 bits per heavy atom. The van der Waals surface area contributed by atoms with Crippen molar-refractivity contribution in [3.8, 4) is 0 Å². The highest BCUT2D eigenvalue weighted by Gasteiger charge is 1.98. The Labute approximate surface area is 80.5 Å². The van der Waals surface area contributed by atoms with Gasteiger partial charge in [-0.25, -0.2) is 0 Å². The van der Waals surface area contributed by atoms with E-state index in [1.165, 1.54) is 11.3 Å². The summed E-state index contributed by atoms with van der Waals surface area (Å²) >= 11 is 0. The Bertz CT molecular complexity index is 289. The first-order chi connectivity index (χ1) is 6.27. The van der Waals surface area contributed by atoms with Crippen LogP contribution in [0.4, 0.5) is 5.69 Å². The van der Waals surface area contributed by atoms with Crippen LogP contribution in [0.25, 0.3) is 0 Å². The molecule has 0 amide bonds. The van der Waals surface area contributed by atoms with Crippen LogP contribution in [-0.2, 0) is 6.42 Å². The molecule has 1 heteroatoms. The first kappa shape index (κ1) is 9.85. The highest BCUT2D eigenvalue weighted by atomic mass is 14.9. The van der Waals surface area contributed by atoms with Crippen LogP contribution in [0, 0.1) is 0 Å². The van der Waals surface area contributed by atoms with Crippen molar-refractivity contribution in [1.29, 1.82) is 0 Å². The molecular weight excluding hydrogens is 158 g/mol. The molecule has 1 aromatic carbocycles. The predicted octanol–water partition coefficient (Wildman–Crippen LogP) is 3.58. The lowest BCUT2D eigenvalue weighted by molar-refractivity contribution is 1.09. The van der Waals surface area contributed by atoms with Gasteiger partial charge in [0, 0.05) is 11.4 Å². The molecule has 0 bridgehead atoms. The Kier molecular flexibility index (Phi) is 3.56. The van der Waals surface area contributed by atoms with Crippen LogP contribution in [0.2, 0.25) is 0 Å². The highest BCUT2D eigenvalue weighted by Crippen LogP contribution is 2.17. The van der Waals surface area contributed by atoms with Gasteiger partial charge in [-0.05, 0) is 24.5 Å². The summed E-state index contributed by atoms with van der Waals surface area (Å²) in [4.78, 5) is 0. The van der Waals surface area contributed by atoms with Gasteiger partial charge in [0.25, 0.3) is 0 Å². The molecular formula is C12H17N. The average Bonchev–Trinajstić information content (AvgIpc) is 2.18. The van der Waals surface area contributed by atoms with Crippen LogP contribution >= 0.6 is 0 Å². The summed E-state index contributed by atoms with van der Waals surface area (Å²) in [5, 5.41) is 3.32. The summed E-state index contributed by atoms with van der Waals surface area (Å²) < 4.78 is 0. The Balaban J connectivity index is 2.81. The summed E-state index contributed by atoms with van der Waals surface area (Å²) in [6, 6.07) is 8.36. The van der Waals surface area contributed by atoms with Gasteiger partial charge in [0.1, 0.15) is 0 Å². The van der Waals surface area contributed by atoms with Gasteiger partial charge < -0.3 is 5.32 Å². The lowest BCUT2D eigenvalue weighted by atomic mass is 10.1. The molecule has 1 rings (SSSR count). The normalized spacial score (nSPS) is 9.69. The molecule has 0 spiro atoms. The molecule has 1 nitrogen and oxygen atoms in total. The number of hydrogen-bond acceptors (Lipinski definition) is 1. The van der Waals surface area contributed by atoms with E-state index in [9.17, 15) is 0 Å². The van der Waals surface area contributed by atoms with Crippen molar-refractivity contribution >= 4 is 5.69 Å². The average molecular weight is 175 g/mol. The lowest BCUT2D eigenvalue weighted by Gasteiger charge is -2.11. The van der Waals surface area contributed by atoms with Crippen molar-refractivity contribution in [2.75, 3.05) is 5.32 Å². The van der Waals surface area contributed by atoms with Crippen molar-refractivity contribution in [2.24, 2.45) is 0 Å². The second-order valence-electron chi connectivity index (χ2n) is 3.09. The summed E-state index contributed by atoms with van der Waals surface area (Å²) in [6.45, 7) is 8.20. The number of allylic oxidation sites excluding steroid dienone is 1. The molecule has 0 saturated carbocycles. The second kappa shape index (κ2) is 4.70. The quantitative estimate of drug-likeness (QED) is 0.737. The van der Waals surface area contributed by atoms with Crippen LogP contribution in [0.3, 0.4) is 0 Å². The lowest BCUT2D eigenvalue weighted by Crippen LogP contribution is -1.99. The fourth-order valence-electron chi connectivity index (χ4n) is 1.23. The second-order valence-corrected chi connectivity index (χ2v) is 3.09. The van der Waals surface area contributed by atoms with Gasteiger partial charge in [-0.3, -0.25) is 0 Å². The molecule has 70 valence electrons. The Morgan fingerprint density at radius 1 is 1.31 bits per heavy atom. The number of rotatable bonds is 4. The molecule has 0 aromatic heterocycles.